The molecule has 1 heterocycles. The van der Waals surface area contributed by atoms with Crippen LogP contribution in [0.1, 0.15) is 31.0 Å². The van der Waals surface area contributed by atoms with Gasteiger partial charge in [-0.2, -0.15) is 10.4 Å². The summed E-state index contributed by atoms with van der Waals surface area (Å²) in [6.45, 7) is 4.06. The van der Waals surface area contributed by atoms with Gasteiger partial charge in [0, 0.05) is 13.2 Å². The summed E-state index contributed by atoms with van der Waals surface area (Å²) < 4.78 is 1.67. The maximum atomic E-state index is 8.68. The molecule has 0 saturated heterocycles. The van der Waals surface area contributed by atoms with E-state index in [4.69, 9.17) is 5.26 Å². The van der Waals surface area contributed by atoms with Crippen molar-refractivity contribution in [2.45, 2.75) is 19.8 Å². The molecule has 1 aromatic rings. The Morgan fingerprint density at radius 1 is 1.64 bits per heavy atom. The van der Waals surface area contributed by atoms with Gasteiger partial charge in [0.05, 0.1) is 11.3 Å². The summed E-state index contributed by atoms with van der Waals surface area (Å²) in [5.41, 5.74) is 1.57. The molecule has 0 N–H and O–H groups in total. The first kappa shape index (κ1) is 7.80. The van der Waals surface area contributed by atoms with Gasteiger partial charge in [-0.25, -0.2) is 0 Å². The second-order valence-electron chi connectivity index (χ2n) is 2.87. The van der Waals surface area contributed by atoms with E-state index in [0.29, 0.717) is 11.5 Å². The third-order valence-electron chi connectivity index (χ3n) is 1.52. The second kappa shape index (κ2) is 2.75. The van der Waals surface area contributed by atoms with Crippen LogP contribution in [0.4, 0.5) is 0 Å². The van der Waals surface area contributed by atoms with E-state index in [1.807, 2.05) is 20.9 Å². The predicted octanol–water partition coefficient (Wildman–Crippen LogP) is 1.42. The standard InChI is InChI=1S/C8H11N3/c1-6(2)8-7(4-9)5-11(3)10-8/h5-6H,1-3H3. The van der Waals surface area contributed by atoms with Crippen molar-refractivity contribution in [3.8, 4) is 6.07 Å². The van der Waals surface area contributed by atoms with Gasteiger partial charge in [0.2, 0.25) is 0 Å². The Morgan fingerprint density at radius 3 is 2.64 bits per heavy atom. The van der Waals surface area contributed by atoms with Gasteiger partial charge in [0.15, 0.2) is 0 Å². The van der Waals surface area contributed by atoms with E-state index < -0.39 is 0 Å². The Hall–Kier alpha value is -1.30. The van der Waals surface area contributed by atoms with Crippen LogP contribution >= 0.6 is 0 Å². The Labute approximate surface area is 66.3 Å². The van der Waals surface area contributed by atoms with Crippen molar-refractivity contribution in [2.24, 2.45) is 7.05 Å². The molecule has 0 aromatic carbocycles. The van der Waals surface area contributed by atoms with Crippen molar-refractivity contribution >= 4 is 0 Å². The normalized spacial score (nSPS) is 10.1. The largest absolute Gasteiger partial charge is 0.274 e. The molecule has 0 aliphatic heterocycles. The van der Waals surface area contributed by atoms with Crippen molar-refractivity contribution in [2.75, 3.05) is 0 Å². The minimum atomic E-state index is 0.325. The number of nitriles is 1. The zero-order valence-corrected chi connectivity index (χ0v) is 7.00. The van der Waals surface area contributed by atoms with Crippen LogP contribution in [0.3, 0.4) is 0 Å². The van der Waals surface area contributed by atoms with Gasteiger partial charge >= 0.3 is 0 Å². The highest BCUT2D eigenvalue weighted by molar-refractivity contribution is 5.32. The fraction of sp³-hybridized carbons (Fsp3) is 0.500. The molecule has 0 unspecified atom stereocenters. The van der Waals surface area contributed by atoms with Crippen molar-refractivity contribution in [1.29, 1.82) is 5.26 Å². The van der Waals surface area contributed by atoms with Gasteiger partial charge in [0.25, 0.3) is 0 Å². The molecule has 0 bridgehead atoms. The minimum Gasteiger partial charge on any atom is -0.274 e. The first-order chi connectivity index (χ1) is 5.15. The van der Waals surface area contributed by atoms with Crippen LogP contribution in [-0.2, 0) is 7.05 Å². The maximum Gasteiger partial charge on any atom is 0.103 e. The second-order valence-corrected chi connectivity index (χ2v) is 2.87. The molecule has 1 rings (SSSR count). The number of hydrogen-bond acceptors (Lipinski definition) is 2. The lowest BCUT2D eigenvalue weighted by molar-refractivity contribution is 0.712. The molecule has 0 amide bonds. The van der Waals surface area contributed by atoms with Crippen molar-refractivity contribution < 1.29 is 0 Å². The molecule has 0 aliphatic carbocycles. The fourth-order valence-electron chi connectivity index (χ4n) is 1.02. The monoisotopic (exact) mass is 149 g/mol. The Bertz CT molecular complexity index is 291. The third-order valence-corrected chi connectivity index (χ3v) is 1.52. The van der Waals surface area contributed by atoms with Crippen LogP contribution in [0.15, 0.2) is 6.20 Å². The van der Waals surface area contributed by atoms with Crippen LogP contribution in [0.5, 0.6) is 0 Å². The Balaban J connectivity index is 3.15. The lowest BCUT2D eigenvalue weighted by atomic mass is 10.1. The lowest BCUT2D eigenvalue weighted by Crippen LogP contribution is -1.93. The molecule has 0 saturated carbocycles. The average Bonchev–Trinajstić information content (AvgIpc) is 2.30. The highest BCUT2D eigenvalue weighted by Crippen LogP contribution is 2.15. The molecule has 1 aromatic heterocycles. The number of rotatable bonds is 1. The van der Waals surface area contributed by atoms with Crippen LogP contribution in [0.2, 0.25) is 0 Å². The van der Waals surface area contributed by atoms with Crippen molar-refractivity contribution in [3.05, 3.63) is 17.5 Å². The SMILES string of the molecule is CC(C)c1nn(C)cc1C#N. The Kier molecular flexibility index (Phi) is 1.95. The van der Waals surface area contributed by atoms with Gasteiger partial charge in [-0.05, 0) is 5.92 Å². The van der Waals surface area contributed by atoms with E-state index in [0.717, 1.165) is 5.69 Å². The zero-order valence-electron chi connectivity index (χ0n) is 7.00. The molecule has 58 valence electrons. The first-order valence-electron chi connectivity index (χ1n) is 3.58. The van der Waals surface area contributed by atoms with Crippen LogP contribution < -0.4 is 0 Å². The van der Waals surface area contributed by atoms with E-state index in [1.54, 1.807) is 10.9 Å². The summed E-state index contributed by atoms with van der Waals surface area (Å²) in [6.07, 6.45) is 1.75. The summed E-state index contributed by atoms with van der Waals surface area (Å²) >= 11 is 0. The molecule has 0 radical (unpaired) electrons. The molecule has 11 heavy (non-hydrogen) atoms. The smallest absolute Gasteiger partial charge is 0.103 e. The molecule has 0 fully saturated rings. The van der Waals surface area contributed by atoms with Gasteiger partial charge in [-0.1, -0.05) is 13.8 Å². The summed E-state index contributed by atoms with van der Waals surface area (Å²) in [6, 6.07) is 2.11. The van der Waals surface area contributed by atoms with Crippen LogP contribution in [0, 0.1) is 11.3 Å². The summed E-state index contributed by atoms with van der Waals surface area (Å²) in [5.74, 6) is 0.325. The summed E-state index contributed by atoms with van der Waals surface area (Å²) in [4.78, 5) is 0. The topological polar surface area (TPSA) is 41.6 Å². The van der Waals surface area contributed by atoms with Crippen molar-refractivity contribution in [1.82, 2.24) is 9.78 Å². The minimum absolute atomic E-state index is 0.325. The van der Waals surface area contributed by atoms with Gasteiger partial charge in [0.1, 0.15) is 6.07 Å². The molecule has 0 spiro atoms. The Morgan fingerprint density at radius 2 is 2.27 bits per heavy atom. The predicted molar refractivity (Wildman–Crippen MR) is 42.0 cm³/mol. The number of aryl methyl sites for hydroxylation is 1. The fourth-order valence-corrected chi connectivity index (χ4v) is 1.02. The molecule has 3 heteroatoms. The molecule has 3 nitrogen and oxygen atoms in total. The van der Waals surface area contributed by atoms with E-state index in [1.165, 1.54) is 0 Å². The maximum absolute atomic E-state index is 8.68. The van der Waals surface area contributed by atoms with Gasteiger partial charge in [-0.15, -0.1) is 0 Å². The third kappa shape index (κ3) is 1.40. The highest BCUT2D eigenvalue weighted by Gasteiger charge is 2.09. The van der Waals surface area contributed by atoms with E-state index >= 15 is 0 Å². The lowest BCUT2D eigenvalue weighted by Gasteiger charge is -1.97. The van der Waals surface area contributed by atoms with Gasteiger partial charge in [-0.3, -0.25) is 4.68 Å². The zero-order chi connectivity index (χ0) is 8.43. The van der Waals surface area contributed by atoms with E-state index in [9.17, 15) is 0 Å². The van der Waals surface area contributed by atoms with Crippen molar-refractivity contribution in [3.63, 3.8) is 0 Å². The van der Waals surface area contributed by atoms with Crippen LogP contribution in [-0.4, -0.2) is 9.78 Å². The summed E-state index contributed by atoms with van der Waals surface area (Å²) in [7, 11) is 1.83. The highest BCUT2D eigenvalue weighted by atomic mass is 15.3. The van der Waals surface area contributed by atoms with E-state index in [2.05, 4.69) is 11.2 Å². The average molecular weight is 149 g/mol. The van der Waals surface area contributed by atoms with E-state index in [-0.39, 0.29) is 0 Å². The molecule has 0 aliphatic rings. The first-order valence-corrected chi connectivity index (χ1v) is 3.58. The van der Waals surface area contributed by atoms with Crippen LogP contribution in [0.25, 0.3) is 0 Å². The number of aromatic nitrogens is 2. The summed E-state index contributed by atoms with van der Waals surface area (Å²) in [5, 5.41) is 12.9. The number of nitrogens with zero attached hydrogens (tertiary/aromatic N) is 3. The molecular weight excluding hydrogens is 138 g/mol. The quantitative estimate of drug-likeness (QED) is 0.605. The molecule has 0 atom stereocenters. The van der Waals surface area contributed by atoms with Gasteiger partial charge < -0.3 is 0 Å². The molecular formula is C8H11N3. The number of hydrogen-bond donors (Lipinski definition) is 0.